The molecular formula is C30H36F3N5O5. The van der Waals surface area contributed by atoms with Crippen molar-refractivity contribution in [2.24, 2.45) is 7.05 Å². The molecule has 2 aliphatic rings. The topological polar surface area (TPSA) is 102 Å². The molecule has 13 heteroatoms. The highest BCUT2D eigenvalue weighted by Gasteiger charge is 2.42. The highest BCUT2D eigenvalue weighted by Crippen LogP contribution is 2.42. The van der Waals surface area contributed by atoms with Gasteiger partial charge >= 0.3 is 12.1 Å². The van der Waals surface area contributed by atoms with Crippen LogP contribution in [0.2, 0.25) is 0 Å². The number of benzene rings is 1. The van der Waals surface area contributed by atoms with E-state index < -0.39 is 29.5 Å². The number of fused-ring (bicyclic) bond motifs is 3. The quantitative estimate of drug-likeness (QED) is 0.401. The van der Waals surface area contributed by atoms with Crippen molar-refractivity contribution >= 4 is 28.6 Å². The molecule has 5 rings (SSSR count). The molecule has 43 heavy (non-hydrogen) atoms. The first-order valence-electron chi connectivity index (χ1n) is 14.2. The second kappa shape index (κ2) is 11.7. The molecule has 1 N–H and O–H groups in total. The maximum absolute atomic E-state index is 13.8. The monoisotopic (exact) mass is 603 g/mol. The molecule has 1 fully saturated rings. The van der Waals surface area contributed by atoms with Crippen molar-refractivity contribution in [3.8, 4) is 5.75 Å². The lowest BCUT2D eigenvalue weighted by molar-refractivity contribution is -0.146. The van der Waals surface area contributed by atoms with Gasteiger partial charge in [-0.15, -0.1) is 0 Å². The van der Waals surface area contributed by atoms with Gasteiger partial charge in [0.15, 0.2) is 0 Å². The summed E-state index contributed by atoms with van der Waals surface area (Å²) in [4.78, 5) is 37.7. The van der Waals surface area contributed by atoms with E-state index in [1.165, 1.54) is 18.1 Å². The molecule has 0 bridgehead atoms. The molecule has 1 saturated heterocycles. The lowest BCUT2D eigenvalue weighted by atomic mass is 9.83. The molecule has 3 aromatic rings. The summed E-state index contributed by atoms with van der Waals surface area (Å²) in [7, 11) is 1.27. The van der Waals surface area contributed by atoms with Crippen molar-refractivity contribution in [2.75, 3.05) is 46.0 Å². The lowest BCUT2D eigenvalue weighted by Gasteiger charge is -2.29. The van der Waals surface area contributed by atoms with Crippen LogP contribution in [0.5, 0.6) is 5.75 Å². The number of rotatable bonds is 7. The lowest BCUT2D eigenvalue weighted by Crippen LogP contribution is -2.38. The predicted octanol–water partition coefficient (Wildman–Crippen LogP) is 4.36. The molecule has 0 unspecified atom stereocenters. The van der Waals surface area contributed by atoms with Crippen LogP contribution < -0.4 is 4.74 Å². The molecule has 232 valence electrons. The third-order valence-electron chi connectivity index (χ3n) is 7.58. The number of imidazole rings is 1. The van der Waals surface area contributed by atoms with Crippen molar-refractivity contribution in [2.45, 2.75) is 45.4 Å². The minimum absolute atomic E-state index is 0.0252. The Morgan fingerprint density at radius 1 is 1.14 bits per heavy atom. The average Bonchev–Trinajstić information content (AvgIpc) is 3.44. The normalized spacial score (nSPS) is 17.5. The summed E-state index contributed by atoms with van der Waals surface area (Å²) in [5.41, 5.74) is 0.369. The Kier molecular flexibility index (Phi) is 8.32. The first-order chi connectivity index (χ1) is 20.3. The van der Waals surface area contributed by atoms with Crippen LogP contribution in [0.1, 0.15) is 55.1 Å². The summed E-state index contributed by atoms with van der Waals surface area (Å²) in [6.07, 6.45) is -3.73. The fraction of sp³-hybridized carbons (Fsp3) is 0.500. The van der Waals surface area contributed by atoms with Crippen molar-refractivity contribution in [3.05, 3.63) is 53.1 Å². The molecule has 2 aromatic heterocycles. The fourth-order valence-corrected chi connectivity index (χ4v) is 5.54. The van der Waals surface area contributed by atoms with Gasteiger partial charge in [0.1, 0.15) is 23.5 Å². The van der Waals surface area contributed by atoms with Gasteiger partial charge in [-0.05, 0) is 38.1 Å². The van der Waals surface area contributed by atoms with Gasteiger partial charge in [-0.3, -0.25) is 9.69 Å². The van der Waals surface area contributed by atoms with Gasteiger partial charge in [0.2, 0.25) is 5.82 Å². The number of nitrogens with zero attached hydrogens (tertiary/aromatic N) is 4. The molecule has 0 radical (unpaired) electrons. The highest BCUT2D eigenvalue weighted by molar-refractivity contribution is 6.18. The van der Waals surface area contributed by atoms with E-state index in [2.05, 4.69) is 14.9 Å². The third kappa shape index (κ3) is 6.28. The van der Waals surface area contributed by atoms with Crippen molar-refractivity contribution in [1.29, 1.82) is 0 Å². The summed E-state index contributed by atoms with van der Waals surface area (Å²) >= 11 is 0. The number of aryl methyl sites for hydroxylation is 1. The number of aromatic amines is 1. The number of amides is 1. The Hall–Kier alpha value is -3.84. The van der Waals surface area contributed by atoms with Crippen LogP contribution in [0.3, 0.4) is 0 Å². The van der Waals surface area contributed by atoms with Gasteiger partial charge in [0.25, 0.3) is 5.91 Å². The molecule has 0 aliphatic carbocycles. The van der Waals surface area contributed by atoms with Crippen molar-refractivity contribution in [1.82, 2.24) is 24.3 Å². The zero-order valence-electron chi connectivity index (χ0n) is 24.9. The van der Waals surface area contributed by atoms with E-state index >= 15 is 0 Å². The van der Waals surface area contributed by atoms with Crippen LogP contribution >= 0.6 is 0 Å². The number of aromatic nitrogens is 3. The Labute approximate surface area is 247 Å². The summed E-state index contributed by atoms with van der Waals surface area (Å²) in [6, 6.07) is 6.73. The second-order valence-electron chi connectivity index (χ2n) is 11.7. The maximum Gasteiger partial charge on any atom is 0.449 e. The van der Waals surface area contributed by atoms with Crippen molar-refractivity contribution in [3.63, 3.8) is 0 Å². The van der Waals surface area contributed by atoms with Gasteiger partial charge < -0.3 is 28.7 Å². The first kappa shape index (κ1) is 30.6. The Morgan fingerprint density at radius 3 is 2.44 bits per heavy atom. The number of halogens is 3. The van der Waals surface area contributed by atoms with E-state index in [9.17, 15) is 22.8 Å². The first-order valence-corrected chi connectivity index (χ1v) is 14.2. The van der Waals surface area contributed by atoms with Crippen LogP contribution in [0, 0.1) is 0 Å². The van der Waals surface area contributed by atoms with Crippen LogP contribution in [0.4, 0.5) is 13.2 Å². The van der Waals surface area contributed by atoms with Crippen LogP contribution in [-0.4, -0.2) is 88.3 Å². The minimum atomic E-state index is -4.67. The van der Waals surface area contributed by atoms with Crippen molar-refractivity contribution < 1.29 is 37.0 Å². The summed E-state index contributed by atoms with van der Waals surface area (Å²) in [5, 5.41) is 0. The smallest absolute Gasteiger partial charge is 0.449 e. The maximum atomic E-state index is 13.8. The number of morpholine rings is 1. The van der Waals surface area contributed by atoms with E-state index in [4.69, 9.17) is 14.2 Å². The number of alkyl halides is 3. The van der Waals surface area contributed by atoms with Gasteiger partial charge in [-0.1, -0.05) is 13.8 Å². The number of hydrogen-bond acceptors (Lipinski definition) is 7. The fourth-order valence-electron chi connectivity index (χ4n) is 5.54. The molecule has 0 saturated carbocycles. The average molecular weight is 604 g/mol. The van der Waals surface area contributed by atoms with Crippen LogP contribution in [-0.2, 0) is 32.9 Å². The SMILES string of the molecule is CC(C)OC(=O)C1=CN(C(=O)c2ccc(OCCN3CCOCC3)cc2)CC(C)(C)c2c1[nH]c1c2nc(C(F)(F)F)n1C. The summed E-state index contributed by atoms with van der Waals surface area (Å²) in [6.45, 7) is 11.5. The number of hydrogen-bond donors (Lipinski definition) is 1. The van der Waals surface area contributed by atoms with Gasteiger partial charge in [0.05, 0.1) is 30.6 Å². The molecule has 4 heterocycles. The van der Waals surface area contributed by atoms with E-state index in [1.807, 2.05) is 0 Å². The Morgan fingerprint density at radius 2 is 1.81 bits per heavy atom. The van der Waals surface area contributed by atoms with E-state index in [1.54, 1.807) is 52.0 Å². The minimum Gasteiger partial charge on any atom is -0.492 e. The zero-order valence-corrected chi connectivity index (χ0v) is 24.9. The highest BCUT2D eigenvalue weighted by atomic mass is 19.4. The molecular weight excluding hydrogens is 567 g/mol. The van der Waals surface area contributed by atoms with Gasteiger partial charge in [-0.2, -0.15) is 13.2 Å². The number of carbonyl (C=O) groups excluding carboxylic acids is 2. The molecule has 0 spiro atoms. The van der Waals surface area contributed by atoms with E-state index in [0.29, 0.717) is 36.7 Å². The molecule has 1 amide bonds. The zero-order chi connectivity index (χ0) is 31.1. The standard InChI is InChI=1S/C30H36F3N5O5/c1-18(2)43-27(40)21-16-38(26(39)19-6-8-20(9-7-19)42-15-12-37-10-13-41-14-11-37)17-29(3,4)22-23(21)34-25-24(22)35-28(36(25)5)30(31,32)33/h6-9,16,18,34H,10-15,17H2,1-5H3. The van der Waals surface area contributed by atoms with Gasteiger partial charge in [0, 0.05) is 56.0 Å². The van der Waals surface area contributed by atoms with Gasteiger partial charge in [-0.25, -0.2) is 9.78 Å². The van der Waals surface area contributed by atoms with E-state index in [0.717, 1.165) is 24.2 Å². The summed E-state index contributed by atoms with van der Waals surface area (Å²) in [5.74, 6) is -1.54. The number of ether oxygens (including phenoxy) is 3. The van der Waals surface area contributed by atoms with E-state index in [-0.39, 0.29) is 34.9 Å². The second-order valence-corrected chi connectivity index (χ2v) is 11.7. The predicted molar refractivity (Wildman–Crippen MR) is 153 cm³/mol. The van der Waals surface area contributed by atoms with Crippen LogP contribution in [0.15, 0.2) is 30.5 Å². The number of nitrogens with one attached hydrogen (secondary N) is 1. The molecule has 1 aromatic carbocycles. The molecule has 0 atom stereocenters. The number of carbonyl (C=O) groups is 2. The molecule has 10 nitrogen and oxygen atoms in total. The number of H-pyrrole nitrogens is 1. The third-order valence-corrected chi connectivity index (χ3v) is 7.58. The Bertz CT molecular complexity index is 1530. The molecule has 2 aliphatic heterocycles. The summed E-state index contributed by atoms with van der Waals surface area (Å²) < 4.78 is 58.8. The number of esters is 1. The largest absolute Gasteiger partial charge is 0.492 e. The van der Waals surface area contributed by atoms with Crippen LogP contribution in [0.25, 0.3) is 16.7 Å². The Balaban J connectivity index is 1.44.